The molecule has 14 rings (SSSR count). The Balaban J connectivity index is 1.20. The minimum Gasteiger partial charge on any atom is -0.454 e. The smallest absolute Gasteiger partial charge is 0.159 e. The van der Waals surface area contributed by atoms with Gasteiger partial charge in [0.15, 0.2) is 5.58 Å². The van der Waals surface area contributed by atoms with Crippen LogP contribution in [-0.4, -0.2) is 4.57 Å². The topological polar surface area (TPSA) is 21.3 Å². The number of hydrogen-bond donors (Lipinski definition) is 0. The molecule has 3 heteroatoms. The summed E-state index contributed by atoms with van der Waals surface area (Å²) in [7, 11) is 0. The van der Waals surface area contributed by atoms with Gasteiger partial charge in [0.25, 0.3) is 0 Å². The molecule has 0 N–H and O–H groups in total. The predicted octanol–water partition coefficient (Wildman–Crippen LogP) is 15.4. The average molecular weight is 777 g/mol. The molecular weight excluding hydrogens is 741 g/mol. The molecule has 3 nitrogen and oxygen atoms in total. The molecule has 61 heavy (non-hydrogen) atoms. The molecule has 0 amide bonds. The van der Waals surface area contributed by atoms with Crippen LogP contribution in [0.5, 0.6) is 0 Å². The van der Waals surface area contributed by atoms with Crippen LogP contribution in [0.15, 0.2) is 205 Å². The van der Waals surface area contributed by atoms with Crippen molar-refractivity contribution in [1.82, 2.24) is 4.57 Å². The van der Waals surface area contributed by atoms with Crippen molar-refractivity contribution in [2.24, 2.45) is 0 Å². The zero-order chi connectivity index (χ0) is 40.0. The van der Waals surface area contributed by atoms with Crippen LogP contribution in [0.1, 0.15) is 27.8 Å². The third-order valence-electron chi connectivity index (χ3n) is 13.9. The van der Waals surface area contributed by atoms with E-state index in [4.69, 9.17) is 4.42 Å². The van der Waals surface area contributed by atoms with Crippen molar-refractivity contribution >= 4 is 82.4 Å². The van der Waals surface area contributed by atoms with E-state index in [2.05, 4.69) is 217 Å². The molecule has 10 aromatic carbocycles. The van der Waals surface area contributed by atoms with Gasteiger partial charge in [-0.15, -0.1) is 0 Å². The quantitative estimate of drug-likeness (QED) is 0.178. The van der Waals surface area contributed by atoms with Crippen molar-refractivity contribution in [1.29, 1.82) is 0 Å². The first-order valence-electron chi connectivity index (χ1n) is 21.2. The maximum absolute atomic E-state index is 6.96. The number of fused-ring (bicyclic) bond motifs is 19. The Morgan fingerprint density at radius 3 is 1.95 bits per heavy atom. The van der Waals surface area contributed by atoms with Gasteiger partial charge >= 0.3 is 0 Å². The van der Waals surface area contributed by atoms with E-state index in [1.807, 2.05) is 0 Å². The van der Waals surface area contributed by atoms with Crippen LogP contribution < -0.4 is 4.90 Å². The van der Waals surface area contributed by atoms with Crippen molar-refractivity contribution in [3.05, 3.63) is 228 Å². The van der Waals surface area contributed by atoms with Crippen LogP contribution >= 0.6 is 0 Å². The summed E-state index contributed by atoms with van der Waals surface area (Å²) in [4.78, 5) is 2.45. The van der Waals surface area contributed by atoms with E-state index < -0.39 is 5.41 Å². The van der Waals surface area contributed by atoms with Crippen molar-refractivity contribution in [2.45, 2.75) is 12.3 Å². The normalized spacial score (nSPS) is 15.0. The van der Waals surface area contributed by atoms with Crippen molar-refractivity contribution in [3.8, 4) is 16.8 Å². The number of nitrogens with zero attached hydrogens (tertiary/aromatic N) is 2. The van der Waals surface area contributed by atoms with Gasteiger partial charge in [0.1, 0.15) is 5.58 Å². The summed E-state index contributed by atoms with van der Waals surface area (Å²) in [5.41, 5.74) is 17.0. The van der Waals surface area contributed by atoms with Gasteiger partial charge in [0, 0.05) is 32.6 Å². The summed E-state index contributed by atoms with van der Waals surface area (Å²) in [5, 5.41) is 9.71. The SMILES string of the molecule is Cc1cccc2c1oc1c(N(c3ccccc3)c3cc4c(c5ccccc35)-c3c(ccc5ccccc35)C43c4ccccc4-n4c5ccccc5c5cccc3c54)cccc12. The van der Waals surface area contributed by atoms with Gasteiger partial charge in [-0.2, -0.15) is 0 Å². The number of para-hydroxylation sites is 6. The van der Waals surface area contributed by atoms with Crippen LogP contribution in [-0.2, 0) is 5.41 Å². The number of benzene rings is 10. The second kappa shape index (κ2) is 11.9. The monoisotopic (exact) mass is 776 g/mol. The molecule has 0 saturated heterocycles. The van der Waals surface area contributed by atoms with Crippen LogP contribution in [0.2, 0.25) is 0 Å². The van der Waals surface area contributed by atoms with Crippen LogP contribution in [0.25, 0.3) is 82.1 Å². The third kappa shape index (κ3) is 4.08. The minimum atomic E-state index is -0.640. The average Bonchev–Trinajstić information content (AvgIpc) is 3.97. The Bertz CT molecular complexity index is 3850. The Labute approximate surface area is 351 Å². The Hall–Kier alpha value is -7.88. The van der Waals surface area contributed by atoms with Crippen LogP contribution in [0.3, 0.4) is 0 Å². The molecule has 1 aliphatic carbocycles. The van der Waals surface area contributed by atoms with E-state index in [1.165, 1.54) is 82.4 Å². The highest BCUT2D eigenvalue weighted by Crippen LogP contribution is 2.64. The second-order valence-corrected chi connectivity index (χ2v) is 16.8. The molecule has 1 unspecified atom stereocenters. The van der Waals surface area contributed by atoms with E-state index in [1.54, 1.807) is 0 Å². The summed E-state index contributed by atoms with van der Waals surface area (Å²) in [5.74, 6) is 0. The number of furan rings is 1. The molecule has 0 bridgehead atoms. The summed E-state index contributed by atoms with van der Waals surface area (Å²) >= 11 is 0. The molecule has 284 valence electrons. The maximum atomic E-state index is 6.96. The molecule has 1 aliphatic heterocycles. The third-order valence-corrected chi connectivity index (χ3v) is 13.9. The molecular formula is C58H36N2O. The molecule has 2 aliphatic rings. The zero-order valence-electron chi connectivity index (χ0n) is 33.4. The standard InChI is InChI=1S/C58H36N2O/c1-35-16-13-25-43-44-26-15-31-51(57(44)61-56(35)43)59(37-18-3-2-4-19-37)52-34-48-54(41-23-8-7-21-39(41)52)53-38-20-6-5-17-36(38)32-33-46(53)58(48)45-27-10-12-30-50(45)60-49-29-11-9-22-40(49)42-24-14-28-47(58)55(42)60/h2-34H,1H3. The Morgan fingerprint density at radius 2 is 1.07 bits per heavy atom. The van der Waals surface area contributed by atoms with Crippen LogP contribution in [0.4, 0.5) is 17.1 Å². The van der Waals surface area contributed by atoms with Gasteiger partial charge in [-0.25, -0.2) is 0 Å². The van der Waals surface area contributed by atoms with Crippen molar-refractivity contribution in [2.75, 3.05) is 4.90 Å². The fourth-order valence-electron chi connectivity index (χ4n) is 11.5. The van der Waals surface area contributed by atoms with E-state index in [0.29, 0.717) is 0 Å². The second-order valence-electron chi connectivity index (χ2n) is 16.8. The molecule has 3 heterocycles. The fourth-order valence-corrected chi connectivity index (χ4v) is 11.5. The van der Waals surface area contributed by atoms with Gasteiger partial charge in [-0.05, 0) is 98.4 Å². The predicted molar refractivity (Wildman–Crippen MR) is 253 cm³/mol. The first-order valence-corrected chi connectivity index (χ1v) is 21.2. The number of aromatic nitrogens is 1. The van der Waals surface area contributed by atoms with Crippen LogP contribution in [0, 0.1) is 6.92 Å². The zero-order valence-corrected chi connectivity index (χ0v) is 33.4. The minimum absolute atomic E-state index is 0.640. The van der Waals surface area contributed by atoms with Gasteiger partial charge in [0.05, 0.1) is 33.5 Å². The lowest BCUT2D eigenvalue weighted by atomic mass is 9.65. The first-order chi connectivity index (χ1) is 30.2. The van der Waals surface area contributed by atoms with Crippen molar-refractivity contribution in [3.63, 3.8) is 0 Å². The summed E-state index contributed by atoms with van der Waals surface area (Å²) < 4.78 is 9.49. The summed E-state index contributed by atoms with van der Waals surface area (Å²) in [6, 6.07) is 74.3. The summed E-state index contributed by atoms with van der Waals surface area (Å²) in [6.45, 7) is 2.14. The van der Waals surface area contributed by atoms with E-state index in [0.717, 1.165) is 44.6 Å². The molecule has 12 aromatic rings. The highest BCUT2D eigenvalue weighted by molar-refractivity contribution is 6.19. The van der Waals surface area contributed by atoms with Gasteiger partial charge in [0.2, 0.25) is 0 Å². The number of aryl methyl sites for hydroxylation is 1. The van der Waals surface area contributed by atoms with E-state index in [9.17, 15) is 0 Å². The molecule has 1 spiro atoms. The molecule has 0 radical (unpaired) electrons. The Morgan fingerprint density at radius 1 is 0.426 bits per heavy atom. The van der Waals surface area contributed by atoms with E-state index >= 15 is 0 Å². The molecule has 0 saturated carbocycles. The lowest BCUT2D eigenvalue weighted by Gasteiger charge is -2.40. The largest absolute Gasteiger partial charge is 0.454 e. The number of rotatable bonds is 3. The van der Waals surface area contributed by atoms with Gasteiger partial charge in [-0.1, -0.05) is 164 Å². The summed E-state index contributed by atoms with van der Waals surface area (Å²) in [6.07, 6.45) is 0. The maximum Gasteiger partial charge on any atom is 0.159 e. The molecule has 2 aromatic heterocycles. The van der Waals surface area contributed by atoms with E-state index in [-0.39, 0.29) is 0 Å². The lowest BCUT2D eigenvalue weighted by molar-refractivity contribution is 0.666. The van der Waals surface area contributed by atoms with Gasteiger partial charge < -0.3 is 13.9 Å². The Kier molecular flexibility index (Phi) is 6.42. The van der Waals surface area contributed by atoms with Gasteiger partial charge in [-0.3, -0.25) is 0 Å². The fraction of sp³-hybridized carbons (Fsp3) is 0.0345. The van der Waals surface area contributed by atoms with Crippen molar-refractivity contribution < 1.29 is 4.42 Å². The highest BCUT2D eigenvalue weighted by Gasteiger charge is 2.52. The first kappa shape index (κ1) is 33.0. The molecule has 1 atom stereocenters. The number of hydrogen-bond acceptors (Lipinski definition) is 2. The highest BCUT2D eigenvalue weighted by atomic mass is 16.3. The lowest BCUT2D eigenvalue weighted by Crippen LogP contribution is -2.33. The molecule has 0 fully saturated rings. The number of anilines is 3.